The number of nitrogens with zero attached hydrogens (tertiary/aromatic N) is 2. The second-order valence-electron chi connectivity index (χ2n) is 7.69. The molecule has 0 aliphatic carbocycles. The maximum atomic E-state index is 13.3. The van der Waals surface area contributed by atoms with Crippen LogP contribution in [-0.2, 0) is 16.1 Å². The van der Waals surface area contributed by atoms with Gasteiger partial charge in [-0.1, -0.05) is 18.2 Å². The highest BCUT2D eigenvalue weighted by atomic mass is 19.1. The van der Waals surface area contributed by atoms with E-state index < -0.39 is 35.5 Å². The molecule has 174 valence electrons. The van der Waals surface area contributed by atoms with Gasteiger partial charge in [0.15, 0.2) is 0 Å². The third-order valence-corrected chi connectivity index (χ3v) is 5.40. The van der Waals surface area contributed by atoms with E-state index in [1.165, 1.54) is 60.5 Å². The number of carbonyl (C=O) groups excluding carboxylic acids is 3. The molecule has 1 atom stereocenters. The number of hydrogen-bond acceptors (Lipinski definition) is 4. The highest BCUT2D eigenvalue weighted by molar-refractivity contribution is 6.22. The van der Waals surface area contributed by atoms with Gasteiger partial charge >= 0.3 is 6.03 Å². The summed E-state index contributed by atoms with van der Waals surface area (Å²) in [5.41, 5.74) is 1.26. The minimum Gasteiger partial charge on any atom is -0.497 e. The molecular weight excluding hydrogens is 444 g/mol. The number of ether oxygens (including phenoxy) is 1. The van der Waals surface area contributed by atoms with E-state index in [0.29, 0.717) is 22.7 Å². The Morgan fingerprint density at radius 2 is 1.62 bits per heavy atom. The summed E-state index contributed by atoms with van der Waals surface area (Å²) in [4.78, 5) is 41.6. The lowest BCUT2D eigenvalue weighted by atomic mass is 10.1. The second kappa shape index (κ2) is 9.70. The largest absolute Gasteiger partial charge is 0.497 e. The standard InChI is InChI=1S/C25H21F2N3O4/c1-34-21-4-2-3-20(13-21)30-24(32)22(14-23(31)28-19-11-9-18(27)10-12-19)29(25(30)33)15-16-5-7-17(26)8-6-16/h2-13,22H,14-15H2,1H3,(H,28,31)/t22-/m1/s1. The Labute approximate surface area is 194 Å². The molecule has 0 unspecified atom stereocenters. The summed E-state index contributed by atoms with van der Waals surface area (Å²) in [6, 6.07) is 15.5. The van der Waals surface area contributed by atoms with E-state index in [0.717, 1.165) is 4.90 Å². The summed E-state index contributed by atoms with van der Waals surface area (Å²) in [6.07, 6.45) is -0.316. The van der Waals surface area contributed by atoms with Crippen molar-refractivity contribution in [1.82, 2.24) is 4.90 Å². The lowest BCUT2D eigenvalue weighted by Gasteiger charge is -2.21. The van der Waals surface area contributed by atoms with Crippen LogP contribution in [0.25, 0.3) is 0 Å². The van der Waals surface area contributed by atoms with E-state index in [4.69, 9.17) is 4.74 Å². The number of rotatable bonds is 7. The van der Waals surface area contributed by atoms with Crippen molar-refractivity contribution < 1.29 is 27.9 Å². The number of amides is 4. The smallest absolute Gasteiger partial charge is 0.332 e. The van der Waals surface area contributed by atoms with Gasteiger partial charge in [-0.3, -0.25) is 9.59 Å². The van der Waals surface area contributed by atoms with Crippen LogP contribution in [0.4, 0.5) is 25.0 Å². The van der Waals surface area contributed by atoms with E-state index in [2.05, 4.69) is 5.32 Å². The summed E-state index contributed by atoms with van der Waals surface area (Å²) in [6.45, 7) is -0.000182. The van der Waals surface area contributed by atoms with Gasteiger partial charge in [-0.2, -0.15) is 0 Å². The highest BCUT2D eigenvalue weighted by Crippen LogP contribution is 2.30. The third-order valence-electron chi connectivity index (χ3n) is 5.40. The van der Waals surface area contributed by atoms with Crippen molar-refractivity contribution in [2.75, 3.05) is 17.3 Å². The van der Waals surface area contributed by atoms with E-state index in [9.17, 15) is 23.2 Å². The minimum atomic E-state index is -1.09. The summed E-state index contributed by atoms with van der Waals surface area (Å²) in [7, 11) is 1.47. The summed E-state index contributed by atoms with van der Waals surface area (Å²) in [5, 5.41) is 2.61. The van der Waals surface area contributed by atoms with Gasteiger partial charge in [-0.25, -0.2) is 18.5 Å². The van der Waals surface area contributed by atoms with Gasteiger partial charge in [0.05, 0.1) is 19.2 Å². The Morgan fingerprint density at radius 1 is 0.971 bits per heavy atom. The van der Waals surface area contributed by atoms with Gasteiger partial charge < -0.3 is 15.0 Å². The fourth-order valence-corrected chi connectivity index (χ4v) is 3.71. The molecule has 1 aliphatic rings. The van der Waals surface area contributed by atoms with E-state index in [-0.39, 0.29) is 13.0 Å². The molecule has 3 aromatic carbocycles. The summed E-state index contributed by atoms with van der Waals surface area (Å²) >= 11 is 0. The fraction of sp³-hybridized carbons (Fsp3) is 0.160. The molecule has 0 spiro atoms. The SMILES string of the molecule is COc1cccc(N2C(=O)[C@@H](CC(=O)Nc3ccc(F)cc3)N(Cc3ccc(F)cc3)C2=O)c1. The van der Waals surface area contributed by atoms with Gasteiger partial charge in [0, 0.05) is 18.3 Å². The van der Waals surface area contributed by atoms with Crippen molar-refractivity contribution in [2.24, 2.45) is 0 Å². The van der Waals surface area contributed by atoms with Gasteiger partial charge in [-0.15, -0.1) is 0 Å². The first-order valence-corrected chi connectivity index (χ1v) is 10.4. The van der Waals surface area contributed by atoms with Crippen LogP contribution in [0.2, 0.25) is 0 Å². The Balaban J connectivity index is 1.61. The third kappa shape index (κ3) is 4.88. The molecule has 1 heterocycles. The molecule has 7 nitrogen and oxygen atoms in total. The Bertz CT molecular complexity index is 1220. The van der Waals surface area contributed by atoms with Crippen molar-refractivity contribution >= 4 is 29.2 Å². The predicted octanol–water partition coefficient (Wildman–Crippen LogP) is 4.34. The molecule has 1 aliphatic heterocycles. The van der Waals surface area contributed by atoms with Crippen molar-refractivity contribution in [3.8, 4) is 5.75 Å². The van der Waals surface area contributed by atoms with Crippen molar-refractivity contribution in [2.45, 2.75) is 19.0 Å². The predicted molar refractivity (Wildman–Crippen MR) is 121 cm³/mol. The molecular formula is C25H21F2N3O4. The van der Waals surface area contributed by atoms with Crippen LogP contribution in [-0.4, -0.2) is 35.9 Å². The summed E-state index contributed by atoms with van der Waals surface area (Å²) < 4.78 is 31.7. The normalized spacial score (nSPS) is 15.6. The maximum Gasteiger partial charge on any atom is 0.332 e. The van der Waals surface area contributed by atoms with E-state index >= 15 is 0 Å². The van der Waals surface area contributed by atoms with Crippen LogP contribution in [0.5, 0.6) is 5.75 Å². The number of imide groups is 1. The lowest BCUT2D eigenvalue weighted by molar-refractivity contribution is -0.124. The second-order valence-corrected chi connectivity index (χ2v) is 7.69. The number of benzene rings is 3. The van der Waals surface area contributed by atoms with Gasteiger partial charge in [0.2, 0.25) is 5.91 Å². The number of carbonyl (C=O) groups is 3. The van der Waals surface area contributed by atoms with Gasteiger partial charge in [-0.05, 0) is 54.1 Å². The molecule has 0 saturated carbocycles. The average molecular weight is 465 g/mol. The molecule has 9 heteroatoms. The molecule has 1 N–H and O–H groups in total. The average Bonchev–Trinajstić information content (AvgIpc) is 3.05. The zero-order valence-electron chi connectivity index (χ0n) is 18.2. The molecule has 0 bridgehead atoms. The van der Waals surface area contributed by atoms with Crippen LogP contribution in [0.3, 0.4) is 0 Å². The first-order chi connectivity index (χ1) is 16.4. The Morgan fingerprint density at radius 3 is 2.26 bits per heavy atom. The fourth-order valence-electron chi connectivity index (χ4n) is 3.71. The van der Waals surface area contributed by atoms with Crippen LogP contribution in [0, 0.1) is 11.6 Å². The Hall–Kier alpha value is -4.27. The molecule has 1 saturated heterocycles. The molecule has 34 heavy (non-hydrogen) atoms. The van der Waals surface area contributed by atoms with Gasteiger partial charge in [0.1, 0.15) is 23.4 Å². The lowest BCUT2D eigenvalue weighted by Crippen LogP contribution is -2.37. The zero-order valence-corrected chi connectivity index (χ0v) is 18.2. The summed E-state index contributed by atoms with van der Waals surface area (Å²) in [5.74, 6) is -1.51. The molecule has 4 rings (SSSR count). The molecule has 0 aromatic heterocycles. The number of anilines is 2. The van der Waals surface area contributed by atoms with Crippen molar-refractivity contribution in [1.29, 1.82) is 0 Å². The number of hydrogen-bond donors (Lipinski definition) is 1. The number of halogens is 2. The quantitative estimate of drug-likeness (QED) is 0.527. The topological polar surface area (TPSA) is 79.0 Å². The number of urea groups is 1. The zero-order chi connectivity index (χ0) is 24.2. The van der Waals surface area contributed by atoms with Crippen LogP contribution >= 0.6 is 0 Å². The molecule has 4 amide bonds. The first kappa shape index (κ1) is 22.9. The Kier molecular flexibility index (Phi) is 6.53. The van der Waals surface area contributed by atoms with Crippen molar-refractivity contribution in [3.05, 3.63) is 90.0 Å². The molecule has 1 fully saturated rings. The number of methoxy groups -OCH3 is 1. The van der Waals surface area contributed by atoms with Gasteiger partial charge in [0.25, 0.3) is 5.91 Å². The highest BCUT2D eigenvalue weighted by Gasteiger charge is 2.46. The van der Waals surface area contributed by atoms with Crippen LogP contribution in [0.1, 0.15) is 12.0 Å². The number of nitrogens with one attached hydrogen (secondary N) is 1. The van der Waals surface area contributed by atoms with E-state index in [1.54, 1.807) is 24.3 Å². The molecule has 0 radical (unpaired) electrons. The first-order valence-electron chi connectivity index (χ1n) is 10.4. The van der Waals surface area contributed by atoms with E-state index in [1.807, 2.05) is 0 Å². The molecule has 3 aromatic rings. The van der Waals surface area contributed by atoms with Crippen LogP contribution < -0.4 is 15.0 Å². The minimum absolute atomic E-state index is 0.000182. The maximum absolute atomic E-state index is 13.3. The van der Waals surface area contributed by atoms with Crippen molar-refractivity contribution in [3.63, 3.8) is 0 Å². The van der Waals surface area contributed by atoms with Crippen LogP contribution in [0.15, 0.2) is 72.8 Å². The monoisotopic (exact) mass is 465 g/mol.